The van der Waals surface area contributed by atoms with Crippen molar-refractivity contribution in [2.45, 2.75) is 32.0 Å². The summed E-state index contributed by atoms with van der Waals surface area (Å²) < 4.78 is 17.0. The van der Waals surface area contributed by atoms with Crippen molar-refractivity contribution in [1.82, 2.24) is 10.8 Å². The Morgan fingerprint density at radius 1 is 1.09 bits per heavy atom. The number of ether oxygens (including phenoxy) is 3. The second-order valence-corrected chi connectivity index (χ2v) is 7.24. The lowest BCUT2D eigenvalue weighted by molar-refractivity contribution is -0.124. The maximum absolute atomic E-state index is 12.7. The van der Waals surface area contributed by atoms with Crippen LogP contribution >= 0.6 is 0 Å². The predicted octanol–water partition coefficient (Wildman–Crippen LogP) is 2.91. The quantitative estimate of drug-likeness (QED) is 0.192. The standard InChI is InChI=1S/C25H30N2O8/c1-2-33-21(13-6-7-14-22(29)27-32)23(19-11-8-12-20(17-19)34-16-15-28)35-25(31)26-24(30)18-9-4-3-5-10-18/h3-5,7-12,14,17,21,23,28,32H,2,6,13,15-16H2,1H3,(H,27,29)(H,26,30,31)/b14-7+/t21-,23-/m1/s1. The topological polar surface area (TPSA) is 143 Å². The molecule has 0 saturated carbocycles. The average molecular weight is 487 g/mol. The number of imide groups is 1. The summed E-state index contributed by atoms with van der Waals surface area (Å²) in [5.41, 5.74) is 2.36. The first-order chi connectivity index (χ1) is 17.0. The lowest BCUT2D eigenvalue weighted by Crippen LogP contribution is -2.35. The van der Waals surface area contributed by atoms with Gasteiger partial charge in [-0.25, -0.2) is 10.3 Å². The molecule has 10 heteroatoms. The van der Waals surface area contributed by atoms with Gasteiger partial charge in [0.15, 0.2) is 6.10 Å². The van der Waals surface area contributed by atoms with Gasteiger partial charge in [-0.05, 0) is 49.6 Å². The van der Waals surface area contributed by atoms with Crippen LogP contribution in [0, 0.1) is 0 Å². The molecule has 0 aliphatic heterocycles. The van der Waals surface area contributed by atoms with Crippen LogP contribution in [0.1, 0.15) is 41.8 Å². The van der Waals surface area contributed by atoms with Crippen LogP contribution in [0.2, 0.25) is 0 Å². The SMILES string of the molecule is CCO[C@H](CC/C=C/C(=O)NO)[C@H](OC(=O)NC(=O)c1ccccc1)c1cccc(OCCO)c1. The maximum Gasteiger partial charge on any atom is 0.414 e. The van der Waals surface area contributed by atoms with Gasteiger partial charge < -0.3 is 19.3 Å². The number of benzene rings is 2. The van der Waals surface area contributed by atoms with Crippen molar-refractivity contribution < 1.29 is 38.9 Å². The van der Waals surface area contributed by atoms with Crippen molar-refractivity contribution in [3.8, 4) is 5.75 Å². The summed E-state index contributed by atoms with van der Waals surface area (Å²) in [5.74, 6) is -0.820. The average Bonchev–Trinajstić information content (AvgIpc) is 2.88. The van der Waals surface area contributed by atoms with Crippen molar-refractivity contribution in [1.29, 1.82) is 0 Å². The highest BCUT2D eigenvalue weighted by molar-refractivity contribution is 6.02. The Labute approximate surface area is 203 Å². The van der Waals surface area contributed by atoms with Crippen molar-refractivity contribution in [2.75, 3.05) is 19.8 Å². The number of aliphatic hydroxyl groups is 1. The monoisotopic (exact) mass is 486 g/mol. The molecule has 0 heterocycles. The second kappa shape index (κ2) is 15.2. The molecular weight excluding hydrogens is 456 g/mol. The molecule has 0 fully saturated rings. The number of hydrogen-bond acceptors (Lipinski definition) is 8. The zero-order chi connectivity index (χ0) is 25.5. The number of hydrogen-bond donors (Lipinski definition) is 4. The van der Waals surface area contributed by atoms with Crippen LogP contribution in [0.25, 0.3) is 0 Å². The van der Waals surface area contributed by atoms with E-state index in [0.717, 1.165) is 0 Å². The molecule has 2 aromatic rings. The highest BCUT2D eigenvalue weighted by atomic mass is 16.6. The van der Waals surface area contributed by atoms with Crippen LogP contribution in [0.5, 0.6) is 5.75 Å². The van der Waals surface area contributed by atoms with Crippen molar-refractivity contribution in [2.24, 2.45) is 0 Å². The van der Waals surface area contributed by atoms with Gasteiger partial charge in [-0.1, -0.05) is 36.4 Å². The summed E-state index contributed by atoms with van der Waals surface area (Å²) in [5, 5.41) is 19.9. The Balaban J connectivity index is 2.24. The third kappa shape index (κ3) is 9.57. The molecule has 0 spiro atoms. The minimum atomic E-state index is -0.953. The molecule has 0 aromatic heterocycles. The Bertz CT molecular complexity index is 980. The summed E-state index contributed by atoms with van der Waals surface area (Å²) in [6.45, 7) is 2.03. The van der Waals surface area contributed by atoms with Gasteiger partial charge in [-0.15, -0.1) is 0 Å². The van der Waals surface area contributed by atoms with Crippen molar-refractivity contribution in [3.63, 3.8) is 0 Å². The predicted molar refractivity (Wildman–Crippen MR) is 126 cm³/mol. The van der Waals surface area contributed by atoms with Gasteiger partial charge in [0.1, 0.15) is 12.4 Å². The van der Waals surface area contributed by atoms with E-state index in [4.69, 9.17) is 24.5 Å². The van der Waals surface area contributed by atoms with E-state index < -0.39 is 30.1 Å². The number of aliphatic hydroxyl groups excluding tert-OH is 1. The third-order valence-corrected chi connectivity index (χ3v) is 4.75. The molecule has 0 radical (unpaired) electrons. The number of carbonyl (C=O) groups excluding carboxylic acids is 3. The van der Waals surface area contributed by atoms with Crippen LogP contribution in [0.4, 0.5) is 4.79 Å². The van der Waals surface area contributed by atoms with E-state index in [0.29, 0.717) is 36.3 Å². The van der Waals surface area contributed by atoms with E-state index in [2.05, 4.69) is 5.32 Å². The number of amides is 3. The van der Waals surface area contributed by atoms with Crippen molar-refractivity contribution >= 4 is 17.9 Å². The van der Waals surface area contributed by atoms with Gasteiger partial charge in [0.05, 0.1) is 12.7 Å². The Morgan fingerprint density at radius 2 is 1.86 bits per heavy atom. The molecule has 2 aromatic carbocycles. The number of alkyl carbamates (subject to hydrolysis) is 1. The molecule has 2 atom stereocenters. The van der Waals surface area contributed by atoms with Gasteiger partial charge in [-0.2, -0.15) is 0 Å². The van der Waals surface area contributed by atoms with Gasteiger partial charge >= 0.3 is 6.09 Å². The molecule has 35 heavy (non-hydrogen) atoms. The van der Waals surface area contributed by atoms with Crippen LogP contribution in [0.3, 0.4) is 0 Å². The van der Waals surface area contributed by atoms with E-state index in [-0.39, 0.29) is 13.2 Å². The summed E-state index contributed by atoms with van der Waals surface area (Å²) in [6, 6.07) is 15.0. The van der Waals surface area contributed by atoms with Crippen LogP contribution in [-0.4, -0.2) is 54.1 Å². The highest BCUT2D eigenvalue weighted by Crippen LogP contribution is 2.29. The largest absolute Gasteiger partial charge is 0.491 e. The summed E-state index contributed by atoms with van der Waals surface area (Å²) in [4.78, 5) is 36.3. The number of nitrogens with one attached hydrogen (secondary N) is 2. The first kappa shape index (κ1) is 27.5. The van der Waals surface area contributed by atoms with Gasteiger partial charge in [0.2, 0.25) is 0 Å². The molecule has 0 saturated heterocycles. The lowest BCUT2D eigenvalue weighted by Gasteiger charge is -2.27. The van der Waals surface area contributed by atoms with E-state index >= 15 is 0 Å². The second-order valence-electron chi connectivity index (χ2n) is 7.24. The van der Waals surface area contributed by atoms with Crippen LogP contribution in [0.15, 0.2) is 66.7 Å². The first-order valence-corrected chi connectivity index (χ1v) is 11.1. The lowest BCUT2D eigenvalue weighted by atomic mass is 10.00. The third-order valence-electron chi connectivity index (χ3n) is 4.75. The maximum atomic E-state index is 12.7. The summed E-state index contributed by atoms with van der Waals surface area (Å²) in [7, 11) is 0. The van der Waals surface area contributed by atoms with Gasteiger partial charge in [-0.3, -0.25) is 20.1 Å². The normalized spacial score (nSPS) is 12.5. The molecular formula is C25H30N2O8. The zero-order valence-electron chi connectivity index (χ0n) is 19.4. The van der Waals surface area contributed by atoms with E-state index in [1.807, 2.05) is 0 Å². The first-order valence-electron chi connectivity index (χ1n) is 11.1. The highest BCUT2D eigenvalue weighted by Gasteiger charge is 2.28. The minimum absolute atomic E-state index is 0.0909. The Hall–Kier alpha value is -3.73. The van der Waals surface area contributed by atoms with E-state index in [9.17, 15) is 14.4 Å². The molecule has 0 bridgehead atoms. The zero-order valence-corrected chi connectivity index (χ0v) is 19.4. The molecule has 0 aliphatic rings. The number of allylic oxidation sites excluding steroid dienone is 1. The molecule has 2 rings (SSSR count). The minimum Gasteiger partial charge on any atom is -0.491 e. The molecule has 0 unspecified atom stereocenters. The van der Waals surface area contributed by atoms with E-state index in [1.165, 1.54) is 11.6 Å². The summed E-state index contributed by atoms with van der Waals surface area (Å²) >= 11 is 0. The smallest absolute Gasteiger partial charge is 0.414 e. The van der Waals surface area contributed by atoms with Crippen LogP contribution in [-0.2, 0) is 14.3 Å². The summed E-state index contributed by atoms with van der Waals surface area (Å²) in [6.07, 6.45) is 0.953. The van der Waals surface area contributed by atoms with Crippen LogP contribution < -0.4 is 15.5 Å². The molecule has 3 amide bonds. The fourth-order valence-electron chi connectivity index (χ4n) is 3.23. The Morgan fingerprint density at radius 3 is 2.54 bits per heavy atom. The number of hydroxylamine groups is 1. The van der Waals surface area contributed by atoms with Gasteiger partial charge in [0.25, 0.3) is 11.8 Å². The van der Waals surface area contributed by atoms with E-state index in [1.54, 1.807) is 67.6 Å². The number of carbonyl (C=O) groups is 3. The van der Waals surface area contributed by atoms with Crippen molar-refractivity contribution in [3.05, 3.63) is 77.9 Å². The molecule has 4 N–H and O–H groups in total. The molecule has 0 aliphatic carbocycles. The fraction of sp³-hybridized carbons (Fsp3) is 0.320. The Kier molecular flexibility index (Phi) is 12.0. The molecule has 188 valence electrons. The molecule has 10 nitrogen and oxygen atoms in total. The fourth-order valence-corrected chi connectivity index (χ4v) is 3.23. The van der Waals surface area contributed by atoms with Gasteiger partial charge in [0, 0.05) is 18.2 Å². The number of rotatable bonds is 13.